The minimum atomic E-state index is -0.663. The van der Waals surface area contributed by atoms with Crippen LogP contribution >= 0.6 is 0 Å². The summed E-state index contributed by atoms with van der Waals surface area (Å²) in [5, 5.41) is 13.4. The first-order valence-corrected chi connectivity index (χ1v) is 6.76. The monoisotopic (exact) mass is 272 g/mol. The van der Waals surface area contributed by atoms with Gasteiger partial charge in [-0.1, -0.05) is 48.5 Å². The third kappa shape index (κ3) is 1.76. The molecule has 21 heavy (non-hydrogen) atoms. The molecule has 1 atom stereocenters. The summed E-state index contributed by atoms with van der Waals surface area (Å²) < 4.78 is 0. The van der Waals surface area contributed by atoms with Gasteiger partial charge in [-0.25, -0.2) is 0 Å². The number of hydrogen-bond donors (Lipinski definition) is 0. The summed E-state index contributed by atoms with van der Waals surface area (Å²) in [4.78, 5) is 4.42. The van der Waals surface area contributed by atoms with Crippen LogP contribution in [0.4, 0.5) is 0 Å². The molecular formula is C17H12N4. The van der Waals surface area contributed by atoms with E-state index in [0.717, 1.165) is 22.0 Å². The highest BCUT2D eigenvalue weighted by Gasteiger charge is 2.36. The highest BCUT2D eigenvalue weighted by Crippen LogP contribution is 2.38. The zero-order chi connectivity index (χ0) is 14.1. The van der Waals surface area contributed by atoms with Crippen LogP contribution in [0.2, 0.25) is 0 Å². The van der Waals surface area contributed by atoms with Crippen molar-refractivity contribution in [2.24, 2.45) is 15.4 Å². The summed E-state index contributed by atoms with van der Waals surface area (Å²) in [5.41, 5.74) is 2.38. The second-order valence-electron chi connectivity index (χ2n) is 4.94. The number of hydrogen-bond acceptors (Lipinski definition) is 4. The van der Waals surface area contributed by atoms with Gasteiger partial charge in [-0.05, 0) is 22.9 Å². The Morgan fingerprint density at radius 1 is 0.810 bits per heavy atom. The Labute approximate surface area is 121 Å². The molecule has 1 aliphatic rings. The van der Waals surface area contributed by atoms with E-state index < -0.39 is 5.54 Å². The van der Waals surface area contributed by atoms with E-state index in [0.29, 0.717) is 0 Å². The van der Waals surface area contributed by atoms with Crippen LogP contribution in [0, 0.1) is 0 Å². The van der Waals surface area contributed by atoms with E-state index in [1.165, 1.54) is 0 Å². The molecule has 4 rings (SSSR count). The lowest BCUT2D eigenvalue weighted by Gasteiger charge is -2.23. The lowest BCUT2D eigenvalue weighted by molar-refractivity contribution is 0.725. The number of rotatable bonds is 2. The maximum atomic E-state index is 4.43. The molecule has 0 saturated carbocycles. The van der Waals surface area contributed by atoms with Crippen molar-refractivity contribution >= 4 is 17.1 Å². The number of benzene rings is 2. The van der Waals surface area contributed by atoms with Gasteiger partial charge in [0.2, 0.25) is 0 Å². The summed E-state index contributed by atoms with van der Waals surface area (Å²) >= 11 is 0. The average molecular weight is 272 g/mol. The van der Waals surface area contributed by atoms with Gasteiger partial charge in [-0.15, -0.1) is 10.2 Å². The molecule has 1 aliphatic heterocycles. The maximum Gasteiger partial charge on any atom is 0.171 e. The molecule has 0 amide bonds. The van der Waals surface area contributed by atoms with E-state index in [4.69, 9.17) is 0 Å². The lowest BCUT2D eigenvalue weighted by Crippen LogP contribution is -2.25. The van der Waals surface area contributed by atoms with Crippen molar-refractivity contribution in [3.05, 3.63) is 78.0 Å². The fourth-order valence-electron chi connectivity index (χ4n) is 2.77. The Morgan fingerprint density at radius 3 is 2.52 bits per heavy atom. The van der Waals surface area contributed by atoms with Crippen LogP contribution in [0.15, 0.2) is 82.3 Å². The fraction of sp³-hybridized carbons (Fsp3) is 0.0588. The van der Waals surface area contributed by atoms with Gasteiger partial charge in [0.05, 0.1) is 11.7 Å². The fourth-order valence-corrected chi connectivity index (χ4v) is 2.77. The van der Waals surface area contributed by atoms with Crippen molar-refractivity contribution in [3.8, 4) is 0 Å². The molecule has 4 heteroatoms. The van der Waals surface area contributed by atoms with Gasteiger partial charge >= 0.3 is 0 Å². The Balaban J connectivity index is 2.05. The quantitative estimate of drug-likeness (QED) is 0.697. The van der Waals surface area contributed by atoms with Crippen molar-refractivity contribution in [3.63, 3.8) is 0 Å². The normalized spacial score (nSPS) is 20.2. The Bertz CT molecular complexity index is 836. The minimum absolute atomic E-state index is 0.663. The SMILES string of the molecule is C1=NN=NC1(c1ccccc1)c1cccc2ncccc12. The van der Waals surface area contributed by atoms with Crippen molar-refractivity contribution < 1.29 is 0 Å². The van der Waals surface area contributed by atoms with E-state index in [1.807, 2.05) is 48.5 Å². The minimum Gasteiger partial charge on any atom is -0.256 e. The van der Waals surface area contributed by atoms with Crippen LogP contribution in [0.3, 0.4) is 0 Å². The highest BCUT2D eigenvalue weighted by atomic mass is 15.4. The van der Waals surface area contributed by atoms with Crippen LogP contribution < -0.4 is 0 Å². The zero-order valence-corrected chi connectivity index (χ0v) is 11.2. The standard InChI is InChI=1S/C17H12N4/c1-2-6-13(7-3-1)17(12-19-21-20-17)15-9-4-10-16-14(15)8-5-11-18-16/h1-12H. The molecule has 1 unspecified atom stereocenters. The average Bonchev–Trinajstić information content (AvgIpc) is 3.06. The first kappa shape index (κ1) is 11.9. The number of fused-ring (bicyclic) bond motifs is 1. The molecule has 0 bridgehead atoms. The molecular weight excluding hydrogens is 260 g/mol. The molecule has 2 heterocycles. The van der Waals surface area contributed by atoms with Crippen molar-refractivity contribution in [2.45, 2.75) is 5.54 Å². The molecule has 0 aliphatic carbocycles. The molecule has 100 valence electrons. The second-order valence-corrected chi connectivity index (χ2v) is 4.94. The predicted octanol–water partition coefficient (Wildman–Crippen LogP) is 3.93. The molecule has 3 aromatic rings. The summed E-state index contributed by atoms with van der Waals surface area (Å²) in [7, 11) is 0. The van der Waals surface area contributed by atoms with Crippen molar-refractivity contribution in [1.82, 2.24) is 4.98 Å². The van der Waals surface area contributed by atoms with E-state index in [9.17, 15) is 0 Å². The Kier molecular flexibility index (Phi) is 2.60. The Morgan fingerprint density at radius 2 is 1.71 bits per heavy atom. The van der Waals surface area contributed by atoms with E-state index in [1.54, 1.807) is 12.4 Å². The third-order valence-corrected chi connectivity index (χ3v) is 3.77. The zero-order valence-electron chi connectivity index (χ0n) is 11.2. The van der Waals surface area contributed by atoms with E-state index in [-0.39, 0.29) is 0 Å². The number of nitrogens with zero attached hydrogens (tertiary/aromatic N) is 4. The van der Waals surface area contributed by atoms with Gasteiger partial charge < -0.3 is 0 Å². The summed E-state index contributed by atoms with van der Waals surface area (Å²) in [6, 6.07) is 20.1. The highest BCUT2D eigenvalue weighted by molar-refractivity contribution is 5.91. The van der Waals surface area contributed by atoms with Crippen LogP contribution in [-0.2, 0) is 5.54 Å². The summed E-state index contributed by atoms with van der Waals surface area (Å²) in [5.74, 6) is 0. The lowest BCUT2D eigenvalue weighted by atomic mass is 9.83. The summed E-state index contributed by atoms with van der Waals surface area (Å²) in [6.45, 7) is 0. The van der Waals surface area contributed by atoms with Crippen LogP contribution in [0.1, 0.15) is 11.1 Å². The first-order chi connectivity index (χ1) is 10.4. The van der Waals surface area contributed by atoms with E-state index in [2.05, 4.69) is 32.6 Å². The van der Waals surface area contributed by atoms with Gasteiger partial charge in [0, 0.05) is 17.1 Å². The molecule has 0 saturated heterocycles. The number of pyridine rings is 1. The maximum absolute atomic E-state index is 4.43. The van der Waals surface area contributed by atoms with Gasteiger partial charge in [-0.2, -0.15) is 0 Å². The van der Waals surface area contributed by atoms with Gasteiger partial charge in [0.1, 0.15) is 0 Å². The molecule has 4 nitrogen and oxygen atoms in total. The Hall–Kier alpha value is -2.88. The second kappa shape index (κ2) is 4.59. The third-order valence-electron chi connectivity index (χ3n) is 3.77. The molecule has 0 spiro atoms. The predicted molar refractivity (Wildman–Crippen MR) is 82.3 cm³/mol. The topological polar surface area (TPSA) is 50.0 Å². The van der Waals surface area contributed by atoms with Crippen LogP contribution in [0.25, 0.3) is 10.9 Å². The molecule has 0 radical (unpaired) electrons. The van der Waals surface area contributed by atoms with Crippen LogP contribution in [0.5, 0.6) is 0 Å². The first-order valence-electron chi connectivity index (χ1n) is 6.76. The van der Waals surface area contributed by atoms with Crippen molar-refractivity contribution in [1.29, 1.82) is 0 Å². The number of aromatic nitrogens is 1. The molecule has 0 fully saturated rings. The van der Waals surface area contributed by atoms with E-state index >= 15 is 0 Å². The molecule has 1 aromatic heterocycles. The van der Waals surface area contributed by atoms with Gasteiger partial charge in [0.25, 0.3) is 0 Å². The molecule has 0 N–H and O–H groups in total. The van der Waals surface area contributed by atoms with Gasteiger partial charge in [-0.3, -0.25) is 4.98 Å². The largest absolute Gasteiger partial charge is 0.256 e. The summed E-state index contributed by atoms with van der Waals surface area (Å²) in [6.07, 6.45) is 3.59. The van der Waals surface area contributed by atoms with Crippen molar-refractivity contribution in [2.75, 3.05) is 0 Å². The van der Waals surface area contributed by atoms with Crippen LogP contribution in [-0.4, -0.2) is 11.2 Å². The molecule has 2 aromatic carbocycles. The van der Waals surface area contributed by atoms with Gasteiger partial charge in [0.15, 0.2) is 5.54 Å². The smallest absolute Gasteiger partial charge is 0.171 e.